The molecule has 1 fully saturated rings. The van der Waals surface area contributed by atoms with E-state index in [1.54, 1.807) is 30.3 Å². The van der Waals surface area contributed by atoms with E-state index in [1.165, 1.54) is 33.5 Å². The van der Waals surface area contributed by atoms with E-state index in [-0.39, 0.29) is 23.3 Å². The van der Waals surface area contributed by atoms with Crippen molar-refractivity contribution in [2.24, 2.45) is 0 Å². The van der Waals surface area contributed by atoms with E-state index >= 15 is 0 Å². The maximum Gasteiger partial charge on any atom is 0.243 e. The van der Waals surface area contributed by atoms with Crippen LogP contribution in [-0.2, 0) is 16.6 Å². The van der Waals surface area contributed by atoms with Gasteiger partial charge in [0.2, 0.25) is 10.0 Å². The number of hydrogen-bond donors (Lipinski definition) is 0. The Morgan fingerprint density at radius 3 is 2.65 bits per heavy atom. The highest BCUT2D eigenvalue weighted by atomic mass is 32.2. The Labute approximate surface area is 150 Å². The number of rotatable bonds is 6. The van der Waals surface area contributed by atoms with Crippen molar-refractivity contribution in [2.45, 2.75) is 30.3 Å². The molecule has 1 aromatic heterocycles. The van der Waals surface area contributed by atoms with Crippen molar-refractivity contribution in [2.75, 3.05) is 0 Å². The SMILES string of the molecule is O=S(=O)(c1cccc(-n2cnnn2)c1)N(Cc1cccc(F)c1)C1CC1. The Bertz CT molecular complexity index is 1020. The molecule has 0 spiro atoms. The molecular weight excluding hydrogens is 357 g/mol. The zero-order valence-corrected chi connectivity index (χ0v) is 14.6. The summed E-state index contributed by atoms with van der Waals surface area (Å²) in [6, 6.07) is 12.4. The summed E-state index contributed by atoms with van der Waals surface area (Å²) in [6.07, 6.45) is 3.01. The molecule has 1 aliphatic carbocycles. The molecule has 134 valence electrons. The standard InChI is InChI=1S/C17H16FN5O2S/c18-14-4-1-3-13(9-14)11-23(15-7-8-15)26(24,25)17-6-2-5-16(10-17)22-12-19-20-21-22/h1-6,9-10,12,15H,7-8,11H2. The molecule has 0 bridgehead atoms. The van der Waals surface area contributed by atoms with Crippen molar-refractivity contribution in [1.29, 1.82) is 0 Å². The normalized spacial score (nSPS) is 14.7. The van der Waals surface area contributed by atoms with Gasteiger partial charge in [-0.2, -0.15) is 4.31 Å². The fourth-order valence-electron chi connectivity index (χ4n) is 2.79. The average Bonchev–Trinajstić information content (AvgIpc) is 3.32. The number of sulfonamides is 1. The van der Waals surface area contributed by atoms with Gasteiger partial charge in [-0.25, -0.2) is 17.5 Å². The summed E-state index contributed by atoms with van der Waals surface area (Å²) in [6.45, 7) is 0.139. The Morgan fingerprint density at radius 1 is 1.15 bits per heavy atom. The van der Waals surface area contributed by atoms with Crippen molar-refractivity contribution in [1.82, 2.24) is 24.5 Å². The first-order valence-electron chi connectivity index (χ1n) is 8.14. The molecule has 3 aromatic rings. The molecule has 0 N–H and O–H groups in total. The van der Waals surface area contributed by atoms with Crippen LogP contribution in [0.2, 0.25) is 0 Å². The lowest BCUT2D eigenvalue weighted by molar-refractivity contribution is 0.398. The lowest BCUT2D eigenvalue weighted by Gasteiger charge is -2.22. The molecular formula is C17H16FN5O2S. The van der Waals surface area contributed by atoms with Crippen molar-refractivity contribution in [3.05, 3.63) is 66.2 Å². The second-order valence-corrected chi connectivity index (χ2v) is 8.05. The second-order valence-electron chi connectivity index (χ2n) is 6.16. The summed E-state index contributed by atoms with van der Waals surface area (Å²) in [5.74, 6) is -0.378. The van der Waals surface area contributed by atoms with Crippen molar-refractivity contribution >= 4 is 10.0 Å². The van der Waals surface area contributed by atoms with E-state index < -0.39 is 10.0 Å². The molecule has 1 saturated carbocycles. The smallest absolute Gasteiger partial charge is 0.207 e. The fourth-order valence-corrected chi connectivity index (χ4v) is 4.50. The molecule has 0 aliphatic heterocycles. The molecule has 26 heavy (non-hydrogen) atoms. The van der Waals surface area contributed by atoms with Crippen LogP contribution in [0, 0.1) is 5.82 Å². The summed E-state index contributed by atoms with van der Waals surface area (Å²) in [7, 11) is -3.73. The molecule has 9 heteroatoms. The van der Waals surface area contributed by atoms with Crippen LogP contribution < -0.4 is 0 Å². The number of benzene rings is 2. The predicted octanol–water partition coefficient (Wildman–Crippen LogP) is 2.15. The fraction of sp³-hybridized carbons (Fsp3) is 0.235. The van der Waals surface area contributed by atoms with Crippen LogP contribution in [0.25, 0.3) is 5.69 Å². The number of nitrogens with zero attached hydrogens (tertiary/aromatic N) is 5. The molecule has 7 nitrogen and oxygen atoms in total. The van der Waals surface area contributed by atoms with Gasteiger partial charge in [0.25, 0.3) is 0 Å². The number of aromatic nitrogens is 4. The van der Waals surface area contributed by atoms with Gasteiger partial charge < -0.3 is 0 Å². The maximum absolute atomic E-state index is 13.5. The van der Waals surface area contributed by atoms with Crippen LogP contribution in [0.3, 0.4) is 0 Å². The minimum absolute atomic E-state index is 0.0556. The van der Waals surface area contributed by atoms with Gasteiger partial charge in [-0.3, -0.25) is 0 Å². The molecule has 4 rings (SSSR count). The van der Waals surface area contributed by atoms with Gasteiger partial charge in [0.05, 0.1) is 10.6 Å². The van der Waals surface area contributed by atoms with Gasteiger partial charge >= 0.3 is 0 Å². The lowest BCUT2D eigenvalue weighted by Crippen LogP contribution is -2.32. The minimum Gasteiger partial charge on any atom is -0.207 e. The quantitative estimate of drug-likeness (QED) is 0.661. The average molecular weight is 373 g/mol. The lowest BCUT2D eigenvalue weighted by atomic mass is 10.2. The molecule has 0 atom stereocenters. The van der Waals surface area contributed by atoms with Crippen LogP contribution in [0.15, 0.2) is 59.8 Å². The first kappa shape index (κ1) is 16.8. The van der Waals surface area contributed by atoms with E-state index in [0.29, 0.717) is 11.3 Å². The van der Waals surface area contributed by atoms with Crippen LogP contribution in [0.5, 0.6) is 0 Å². The third-order valence-corrected chi connectivity index (χ3v) is 6.11. The van der Waals surface area contributed by atoms with E-state index in [2.05, 4.69) is 15.5 Å². The first-order chi connectivity index (χ1) is 12.5. The number of halogens is 1. The largest absolute Gasteiger partial charge is 0.243 e. The van der Waals surface area contributed by atoms with Gasteiger partial charge in [-0.05, 0) is 59.2 Å². The predicted molar refractivity (Wildman–Crippen MR) is 91.3 cm³/mol. The van der Waals surface area contributed by atoms with E-state index in [0.717, 1.165) is 12.8 Å². The highest BCUT2D eigenvalue weighted by molar-refractivity contribution is 7.89. The summed E-state index contributed by atoms with van der Waals surface area (Å²) < 4.78 is 42.7. The van der Waals surface area contributed by atoms with E-state index in [1.807, 2.05) is 0 Å². The van der Waals surface area contributed by atoms with Crippen molar-refractivity contribution < 1.29 is 12.8 Å². The van der Waals surface area contributed by atoms with Gasteiger partial charge in [-0.1, -0.05) is 18.2 Å². The molecule has 1 aliphatic rings. The van der Waals surface area contributed by atoms with Crippen LogP contribution in [0.1, 0.15) is 18.4 Å². The topological polar surface area (TPSA) is 81.0 Å². The minimum atomic E-state index is -3.73. The summed E-state index contributed by atoms with van der Waals surface area (Å²) in [5.41, 5.74) is 1.18. The van der Waals surface area contributed by atoms with Gasteiger partial charge in [0.15, 0.2) is 0 Å². The third kappa shape index (κ3) is 3.35. The summed E-state index contributed by atoms with van der Waals surface area (Å²) >= 11 is 0. The number of tetrazole rings is 1. The highest BCUT2D eigenvalue weighted by Gasteiger charge is 2.38. The Morgan fingerprint density at radius 2 is 1.96 bits per heavy atom. The Balaban J connectivity index is 1.68. The highest BCUT2D eigenvalue weighted by Crippen LogP contribution is 2.34. The molecule has 2 aromatic carbocycles. The third-order valence-electron chi connectivity index (χ3n) is 4.22. The summed E-state index contributed by atoms with van der Waals surface area (Å²) in [5, 5.41) is 10.9. The monoisotopic (exact) mass is 373 g/mol. The maximum atomic E-state index is 13.5. The van der Waals surface area contributed by atoms with Crippen molar-refractivity contribution in [3.8, 4) is 5.69 Å². The van der Waals surface area contributed by atoms with Crippen molar-refractivity contribution in [3.63, 3.8) is 0 Å². The zero-order valence-electron chi connectivity index (χ0n) is 13.7. The van der Waals surface area contributed by atoms with Crippen LogP contribution in [0.4, 0.5) is 4.39 Å². The summed E-state index contributed by atoms with van der Waals surface area (Å²) in [4.78, 5) is 0.161. The molecule has 0 amide bonds. The molecule has 0 radical (unpaired) electrons. The van der Waals surface area contributed by atoms with Crippen LogP contribution in [-0.4, -0.2) is 39.0 Å². The number of hydrogen-bond acceptors (Lipinski definition) is 5. The zero-order chi connectivity index (χ0) is 18.1. The molecule has 1 heterocycles. The Kier molecular flexibility index (Phi) is 4.25. The van der Waals surface area contributed by atoms with E-state index in [9.17, 15) is 12.8 Å². The Hall–Kier alpha value is -2.65. The van der Waals surface area contributed by atoms with Crippen LogP contribution >= 0.6 is 0 Å². The molecule has 0 unspecified atom stereocenters. The first-order valence-corrected chi connectivity index (χ1v) is 9.58. The second kappa shape index (κ2) is 6.58. The van der Waals surface area contributed by atoms with E-state index in [4.69, 9.17) is 0 Å². The van der Waals surface area contributed by atoms with Gasteiger partial charge in [0.1, 0.15) is 12.1 Å². The van der Waals surface area contributed by atoms with Gasteiger partial charge in [-0.15, -0.1) is 5.10 Å². The molecule has 0 saturated heterocycles. The van der Waals surface area contributed by atoms with Gasteiger partial charge in [0, 0.05) is 12.6 Å².